The lowest BCUT2D eigenvalue weighted by Crippen LogP contribution is -2.02. The monoisotopic (exact) mass is 228 g/mol. The molecule has 0 fully saturated rings. The molecular weight excluding hydrogens is 216 g/mol. The van der Waals surface area contributed by atoms with Crippen LogP contribution in [0.5, 0.6) is 0 Å². The fourth-order valence-electron chi connectivity index (χ4n) is 1.82. The Balaban J connectivity index is 1.91. The normalized spacial score (nSPS) is 17.9. The van der Waals surface area contributed by atoms with E-state index in [-0.39, 0.29) is 5.37 Å². The number of anilines is 1. The van der Waals surface area contributed by atoms with Gasteiger partial charge < -0.3 is 5.32 Å². The van der Waals surface area contributed by atoms with Gasteiger partial charge in [0.15, 0.2) is 0 Å². The van der Waals surface area contributed by atoms with Crippen molar-refractivity contribution >= 4 is 17.4 Å². The minimum absolute atomic E-state index is 0.248. The molecule has 2 nitrogen and oxygen atoms in total. The minimum Gasteiger partial charge on any atom is -0.367 e. The van der Waals surface area contributed by atoms with Crippen LogP contribution >= 0.6 is 11.8 Å². The summed E-state index contributed by atoms with van der Waals surface area (Å²) in [5.74, 6) is 0. The van der Waals surface area contributed by atoms with E-state index in [0.717, 1.165) is 5.69 Å². The first kappa shape index (κ1) is 9.73. The van der Waals surface area contributed by atoms with E-state index in [0.29, 0.717) is 0 Å². The van der Waals surface area contributed by atoms with Crippen LogP contribution in [0.25, 0.3) is 0 Å². The van der Waals surface area contributed by atoms with Crippen molar-refractivity contribution in [3.05, 3.63) is 53.9 Å². The Labute approximate surface area is 99.1 Å². The third-order valence-electron chi connectivity index (χ3n) is 2.62. The number of hydrogen-bond donors (Lipinski definition) is 1. The maximum Gasteiger partial charge on any atom is 0.120 e. The van der Waals surface area contributed by atoms with E-state index in [9.17, 15) is 0 Å². The van der Waals surface area contributed by atoms with Gasteiger partial charge in [-0.15, -0.1) is 0 Å². The predicted molar refractivity (Wildman–Crippen MR) is 67.6 cm³/mol. The van der Waals surface area contributed by atoms with Crippen molar-refractivity contribution < 1.29 is 0 Å². The fraction of sp³-hybridized carbons (Fsp3) is 0.154. The number of aromatic nitrogens is 1. The van der Waals surface area contributed by atoms with E-state index >= 15 is 0 Å². The molecule has 0 bridgehead atoms. The molecule has 0 aliphatic carbocycles. The van der Waals surface area contributed by atoms with Crippen LogP contribution in [0, 0.1) is 6.92 Å². The van der Waals surface area contributed by atoms with Gasteiger partial charge in [-0.2, -0.15) is 0 Å². The smallest absolute Gasteiger partial charge is 0.120 e. The molecule has 1 aromatic carbocycles. The average molecular weight is 228 g/mol. The van der Waals surface area contributed by atoms with E-state index in [2.05, 4.69) is 41.5 Å². The molecule has 1 N–H and O–H groups in total. The van der Waals surface area contributed by atoms with E-state index in [1.165, 1.54) is 16.1 Å². The predicted octanol–water partition coefficient (Wildman–Crippen LogP) is 3.61. The van der Waals surface area contributed by atoms with Gasteiger partial charge in [-0.1, -0.05) is 23.9 Å². The zero-order valence-electron chi connectivity index (χ0n) is 8.97. The SMILES string of the molecule is Cc1ccc2c(c1)N[C@H](c1ccccn1)S2. The lowest BCUT2D eigenvalue weighted by molar-refractivity contribution is 1.03. The zero-order valence-corrected chi connectivity index (χ0v) is 9.79. The molecule has 0 spiro atoms. The van der Waals surface area contributed by atoms with Crippen molar-refractivity contribution in [3.63, 3.8) is 0 Å². The second kappa shape index (κ2) is 3.83. The van der Waals surface area contributed by atoms with E-state index in [1.807, 2.05) is 30.1 Å². The highest BCUT2D eigenvalue weighted by Gasteiger charge is 2.23. The highest BCUT2D eigenvalue weighted by molar-refractivity contribution is 8.00. The quantitative estimate of drug-likeness (QED) is 0.807. The van der Waals surface area contributed by atoms with Crippen LogP contribution in [0.3, 0.4) is 0 Å². The second-order valence-electron chi connectivity index (χ2n) is 3.90. The lowest BCUT2D eigenvalue weighted by atomic mass is 10.2. The molecule has 3 rings (SSSR count). The third-order valence-corrected chi connectivity index (χ3v) is 3.83. The molecule has 0 radical (unpaired) electrons. The van der Waals surface area contributed by atoms with Crippen molar-refractivity contribution in [2.24, 2.45) is 0 Å². The Hall–Kier alpha value is -1.48. The van der Waals surface area contributed by atoms with Crippen LogP contribution in [0.2, 0.25) is 0 Å². The number of rotatable bonds is 1. The van der Waals surface area contributed by atoms with Crippen molar-refractivity contribution in [3.8, 4) is 0 Å². The molecule has 16 heavy (non-hydrogen) atoms. The van der Waals surface area contributed by atoms with Crippen LogP contribution in [0.15, 0.2) is 47.5 Å². The molecule has 0 saturated carbocycles. The maximum absolute atomic E-state index is 4.38. The largest absolute Gasteiger partial charge is 0.367 e. The van der Waals surface area contributed by atoms with E-state index in [1.54, 1.807) is 0 Å². The Kier molecular flexibility index (Phi) is 2.33. The Morgan fingerprint density at radius 3 is 3.00 bits per heavy atom. The van der Waals surface area contributed by atoms with Gasteiger partial charge in [0.2, 0.25) is 0 Å². The Bertz CT molecular complexity index is 511. The number of aryl methyl sites for hydroxylation is 1. The molecule has 2 aromatic rings. The number of hydrogen-bond acceptors (Lipinski definition) is 3. The molecule has 0 unspecified atom stereocenters. The number of thioether (sulfide) groups is 1. The van der Waals surface area contributed by atoms with Gasteiger partial charge in [0.05, 0.1) is 5.69 Å². The number of fused-ring (bicyclic) bond motifs is 1. The minimum atomic E-state index is 0.248. The van der Waals surface area contributed by atoms with Gasteiger partial charge in [0.25, 0.3) is 0 Å². The zero-order chi connectivity index (χ0) is 11.0. The molecule has 0 saturated heterocycles. The number of nitrogens with zero attached hydrogens (tertiary/aromatic N) is 1. The summed E-state index contributed by atoms with van der Waals surface area (Å²) in [7, 11) is 0. The molecule has 1 aliphatic heterocycles. The summed E-state index contributed by atoms with van der Waals surface area (Å²) < 4.78 is 0. The molecule has 1 atom stereocenters. The van der Waals surface area contributed by atoms with Crippen LogP contribution in [-0.2, 0) is 0 Å². The number of benzene rings is 1. The van der Waals surface area contributed by atoms with Crippen molar-refractivity contribution in [2.45, 2.75) is 17.2 Å². The summed E-state index contributed by atoms with van der Waals surface area (Å²) in [6.45, 7) is 2.11. The van der Waals surface area contributed by atoms with Crippen LogP contribution in [-0.4, -0.2) is 4.98 Å². The molecule has 80 valence electrons. The third kappa shape index (κ3) is 1.67. The van der Waals surface area contributed by atoms with Gasteiger partial charge in [-0.3, -0.25) is 4.98 Å². The Morgan fingerprint density at radius 1 is 1.25 bits per heavy atom. The Morgan fingerprint density at radius 2 is 2.19 bits per heavy atom. The topological polar surface area (TPSA) is 24.9 Å². The first-order valence-corrected chi connectivity index (χ1v) is 6.16. The van der Waals surface area contributed by atoms with Crippen molar-refractivity contribution in [2.75, 3.05) is 5.32 Å². The van der Waals surface area contributed by atoms with E-state index in [4.69, 9.17) is 0 Å². The summed E-state index contributed by atoms with van der Waals surface area (Å²) in [4.78, 5) is 5.69. The molecule has 1 aliphatic rings. The summed E-state index contributed by atoms with van der Waals surface area (Å²) in [5, 5.41) is 3.74. The van der Waals surface area contributed by atoms with Gasteiger partial charge in [-0.05, 0) is 36.8 Å². The molecule has 3 heteroatoms. The molecule has 1 aromatic heterocycles. The van der Waals surface area contributed by atoms with Gasteiger partial charge in [0, 0.05) is 16.8 Å². The number of nitrogens with one attached hydrogen (secondary N) is 1. The molecule has 0 amide bonds. The van der Waals surface area contributed by atoms with Gasteiger partial charge >= 0.3 is 0 Å². The second-order valence-corrected chi connectivity index (χ2v) is 5.04. The van der Waals surface area contributed by atoms with Gasteiger partial charge in [0.1, 0.15) is 5.37 Å². The van der Waals surface area contributed by atoms with Crippen LogP contribution in [0.1, 0.15) is 16.6 Å². The summed E-state index contributed by atoms with van der Waals surface area (Å²) in [6.07, 6.45) is 1.84. The average Bonchev–Trinajstić information content (AvgIpc) is 2.73. The highest BCUT2D eigenvalue weighted by Crippen LogP contribution is 2.45. The summed E-state index contributed by atoms with van der Waals surface area (Å²) >= 11 is 1.82. The first-order chi connectivity index (χ1) is 7.83. The summed E-state index contributed by atoms with van der Waals surface area (Å²) in [5.41, 5.74) is 3.59. The van der Waals surface area contributed by atoms with E-state index < -0.39 is 0 Å². The fourth-order valence-corrected chi connectivity index (χ4v) is 2.91. The summed E-state index contributed by atoms with van der Waals surface area (Å²) in [6, 6.07) is 12.5. The van der Waals surface area contributed by atoms with Crippen molar-refractivity contribution in [1.29, 1.82) is 0 Å². The van der Waals surface area contributed by atoms with Crippen LogP contribution < -0.4 is 5.32 Å². The van der Waals surface area contributed by atoms with Crippen LogP contribution in [0.4, 0.5) is 5.69 Å². The lowest BCUT2D eigenvalue weighted by Gasteiger charge is -2.08. The number of pyridine rings is 1. The molecular formula is C13H12N2S. The standard InChI is InChI=1S/C13H12N2S/c1-9-5-6-12-11(8-9)15-13(16-12)10-4-2-3-7-14-10/h2-8,13,15H,1H3/t13-/m0/s1. The van der Waals surface area contributed by atoms with Gasteiger partial charge in [-0.25, -0.2) is 0 Å². The highest BCUT2D eigenvalue weighted by atomic mass is 32.2. The van der Waals surface area contributed by atoms with Crippen molar-refractivity contribution in [1.82, 2.24) is 4.98 Å². The molecule has 2 heterocycles. The first-order valence-electron chi connectivity index (χ1n) is 5.28. The maximum atomic E-state index is 4.38.